The molecule has 0 heterocycles. The van der Waals surface area contributed by atoms with E-state index in [0.29, 0.717) is 0 Å². The van der Waals surface area contributed by atoms with Crippen molar-refractivity contribution in [1.82, 2.24) is 0 Å². The minimum Gasteiger partial charge on any atom is -0.451 e. The number of carbonyl (C=O) groups excluding carboxylic acids is 1. The summed E-state index contributed by atoms with van der Waals surface area (Å²) < 4.78 is 5.41. The summed E-state index contributed by atoms with van der Waals surface area (Å²) in [4.78, 5) is 11.1. The molecule has 2 nitrogen and oxygen atoms in total. The number of esters is 1. The lowest BCUT2D eigenvalue weighted by Crippen LogP contribution is -2.22. The highest BCUT2D eigenvalue weighted by Crippen LogP contribution is 2.49. The van der Waals surface area contributed by atoms with E-state index in [1.807, 2.05) is 0 Å². The third kappa shape index (κ3) is 1.74. The molecule has 0 radical (unpaired) electrons. The molecule has 76 valence electrons. The zero-order chi connectivity index (χ0) is 10.0. The van der Waals surface area contributed by atoms with E-state index in [4.69, 9.17) is 4.74 Å². The third-order valence-electron chi connectivity index (χ3n) is 3.04. The Morgan fingerprint density at radius 2 is 2.29 bits per heavy atom. The van der Waals surface area contributed by atoms with Crippen LogP contribution >= 0.6 is 0 Å². The van der Waals surface area contributed by atoms with Gasteiger partial charge in [0.15, 0.2) is 0 Å². The van der Waals surface area contributed by atoms with Gasteiger partial charge >= 0.3 is 5.97 Å². The molecule has 0 atom stereocenters. The number of allylic oxidation sites excluding steroid dienone is 1. The van der Waals surface area contributed by atoms with Gasteiger partial charge in [0.2, 0.25) is 0 Å². The Kier molecular flexibility index (Phi) is 2.44. The van der Waals surface area contributed by atoms with Gasteiger partial charge in [-0.25, -0.2) is 4.79 Å². The standard InChI is InChI=1S/C12H16O2/c1-2-11(13)14-12(8-9-12)10-6-4-3-5-7-10/h2,6H,1,3-5,7-9H2. The Bertz CT molecular complexity index is 285. The van der Waals surface area contributed by atoms with Crippen LogP contribution in [0.15, 0.2) is 24.3 Å². The van der Waals surface area contributed by atoms with Crippen molar-refractivity contribution in [2.45, 2.75) is 44.1 Å². The van der Waals surface area contributed by atoms with Crippen LogP contribution in [0, 0.1) is 0 Å². The van der Waals surface area contributed by atoms with Crippen LogP contribution in [0.1, 0.15) is 38.5 Å². The number of rotatable bonds is 3. The lowest BCUT2D eigenvalue weighted by molar-refractivity contribution is -0.143. The smallest absolute Gasteiger partial charge is 0.331 e. The summed E-state index contributed by atoms with van der Waals surface area (Å²) in [6, 6.07) is 0. The van der Waals surface area contributed by atoms with Crippen molar-refractivity contribution in [3.63, 3.8) is 0 Å². The molecule has 0 aromatic carbocycles. The van der Waals surface area contributed by atoms with Gasteiger partial charge in [-0.2, -0.15) is 0 Å². The second-order valence-electron chi connectivity index (χ2n) is 4.09. The SMILES string of the molecule is C=CC(=O)OC1(C2=CCCCC2)CC1. The largest absolute Gasteiger partial charge is 0.451 e. The summed E-state index contributed by atoms with van der Waals surface area (Å²) in [5.41, 5.74) is 1.13. The molecule has 0 aliphatic heterocycles. The van der Waals surface area contributed by atoms with Crippen LogP contribution in [0.5, 0.6) is 0 Å². The van der Waals surface area contributed by atoms with E-state index in [9.17, 15) is 4.79 Å². The van der Waals surface area contributed by atoms with Crippen molar-refractivity contribution < 1.29 is 9.53 Å². The normalized spacial score (nSPS) is 23.6. The first kappa shape index (κ1) is 9.50. The van der Waals surface area contributed by atoms with Crippen LogP contribution in [-0.4, -0.2) is 11.6 Å². The maximum absolute atomic E-state index is 11.1. The second-order valence-corrected chi connectivity index (χ2v) is 4.09. The van der Waals surface area contributed by atoms with Crippen LogP contribution in [0.25, 0.3) is 0 Å². The molecular formula is C12H16O2. The summed E-state index contributed by atoms with van der Waals surface area (Å²) in [5, 5.41) is 0. The Hall–Kier alpha value is -1.05. The molecule has 2 aliphatic carbocycles. The predicted molar refractivity (Wildman–Crippen MR) is 54.8 cm³/mol. The van der Waals surface area contributed by atoms with Crippen LogP contribution in [0.3, 0.4) is 0 Å². The summed E-state index contributed by atoms with van der Waals surface area (Å²) in [7, 11) is 0. The molecule has 0 bridgehead atoms. The minimum atomic E-state index is -0.283. The molecule has 0 saturated heterocycles. The van der Waals surface area contributed by atoms with Gasteiger partial charge in [0.1, 0.15) is 5.60 Å². The van der Waals surface area contributed by atoms with E-state index in [2.05, 4.69) is 12.7 Å². The summed E-state index contributed by atoms with van der Waals surface area (Å²) in [5.74, 6) is -0.283. The van der Waals surface area contributed by atoms with Crippen molar-refractivity contribution in [2.75, 3.05) is 0 Å². The van der Waals surface area contributed by atoms with E-state index in [0.717, 1.165) is 25.7 Å². The fraction of sp³-hybridized carbons (Fsp3) is 0.583. The van der Waals surface area contributed by atoms with E-state index < -0.39 is 0 Å². The third-order valence-corrected chi connectivity index (χ3v) is 3.04. The molecule has 1 fully saturated rings. The van der Waals surface area contributed by atoms with Crippen molar-refractivity contribution in [3.05, 3.63) is 24.3 Å². The van der Waals surface area contributed by atoms with E-state index >= 15 is 0 Å². The van der Waals surface area contributed by atoms with Crippen molar-refractivity contribution in [3.8, 4) is 0 Å². The molecule has 2 rings (SSSR count). The minimum absolute atomic E-state index is 0.217. The maximum Gasteiger partial charge on any atom is 0.331 e. The Morgan fingerprint density at radius 1 is 1.50 bits per heavy atom. The number of hydrogen-bond donors (Lipinski definition) is 0. The van der Waals surface area contributed by atoms with Crippen LogP contribution < -0.4 is 0 Å². The number of ether oxygens (including phenoxy) is 1. The molecule has 0 aromatic rings. The fourth-order valence-electron chi connectivity index (χ4n) is 2.09. The highest BCUT2D eigenvalue weighted by Gasteiger charge is 2.49. The van der Waals surface area contributed by atoms with E-state index in [1.165, 1.54) is 24.5 Å². The monoisotopic (exact) mass is 192 g/mol. The predicted octanol–water partition coefficient (Wildman–Crippen LogP) is 2.75. The summed E-state index contributed by atoms with van der Waals surface area (Å²) in [6.45, 7) is 3.42. The van der Waals surface area contributed by atoms with Gasteiger partial charge in [0.05, 0.1) is 0 Å². The number of hydrogen-bond acceptors (Lipinski definition) is 2. The van der Waals surface area contributed by atoms with E-state index in [1.54, 1.807) is 0 Å². The Labute approximate surface area is 84.6 Å². The molecule has 2 aliphatic rings. The topological polar surface area (TPSA) is 26.3 Å². The zero-order valence-corrected chi connectivity index (χ0v) is 8.42. The number of carbonyl (C=O) groups is 1. The van der Waals surface area contributed by atoms with Crippen molar-refractivity contribution >= 4 is 5.97 Å². The molecule has 2 heteroatoms. The fourth-order valence-corrected chi connectivity index (χ4v) is 2.09. The maximum atomic E-state index is 11.1. The first-order valence-corrected chi connectivity index (χ1v) is 5.32. The van der Waals surface area contributed by atoms with Gasteiger partial charge in [-0.1, -0.05) is 12.7 Å². The van der Waals surface area contributed by atoms with Gasteiger partial charge in [0, 0.05) is 6.08 Å². The second kappa shape index (κ2) is 3.60. The average Bonchev–Trinajstić information content (AvgIpc) is 3.00. The lowest BCUT2D eigenvalue weighted by Gasteiger charge is -2.22. The van der Waals surface area contributed by atoms with Crippen molar-refractivity contribution in [2.24, 2.45) is 0 Å². The van der Waals surface area contributed by atoms with E-state index in [-0.39, 0.29) is 11.6 Å². The molecular weight excluding hydrogens is 176 g/mol. The summed E-state index contributed by atoms with van der Waals surface area (Å²) >= 11 is 0. The van der Waals surface area contributed by atoms with Gasteiger partial charge in [-0.05, 0) is 44.1 Å². The Morgan fingerprint density at radius 3 is 2.79 bits per heavy atom. The molecule has 14 heavy (non-hydrogen) atoms. The first-order chi connectivity index (χ1) is 6.77. The van der Waals surface area contributed by atoms with Crippen LogP contribution in [0.4, 0.5) is 0 Å². The average molecular weight is 192 g/mol. The lowest BCUT2D eigenvalue weighted by atomic mass is 9.94. The van der Waals surface area contributed by atoms with Gasteiger partial charge in [0.25, 0.3) is 0 Å². The quantitative estimate of drug-likeness (QED) is 0.390. The van der Waals surface area contributed by atoms with Crippen LogP contribution in [-0.2, 0) is 9.53 Å². The zero-order valence-electron chi connectivity index (χ0n) is 8.42. The van der Waals surface area contributed by atoms with Crippen LogP contribution in [0.2, 0.25) is 0 Å². The Balaban J connectivity index is 2.04. The van der Waals surface area contributed by atoms with Gasteiger partial charge in [-0.15, -0.1) is 0 Å². The highest BCUT2D eigenvalue weighted by atomic mass is 16.6. The molecule has 0 spiro atoms. The van der Waals surface area contributed by atoms with Gasteiger partial charge < -0.3 is 4.74 Å². The molecule has 0 unspecified atom stereocenters. The summed E-state index contributed by atoms with van der Waals surface area (Å²) in [6.07, 6.45) is 10.3. The highest BCUT2D eigenvalue weighted by molar-refractivity contribution is 5.82. The molecule has 1 saturated carbocycles. The first-order valence-electron chi connectivity index (χ1n) is 5.32. The van der Waals surface area contributed by atoms with Crippen molar-refractivity contribution in [1.29, 1.82) is 0 Å². The van der Waals surface area contributed by atoms with Gasteiger partial charge in [-0.3, -0.25) is 0 Å². The molecule has 0 N–H and O–H groups in total. The molecule has 0 amide bonds. The molecule has 0 aromatic heterocycles.